The van der Waals surface area contributed by atoms with E-state index in [0.29, 0.717) is 6.42 Å². The van der Waals surface area contributed by atoms with E-state index in [-0.39, 0.29) is 5.92 Å². The predicted molar refractivity (Wildman–Crippen MR) is 68.9 cm³/mol. The zero-order valence-corrected chi connectivity index (χ0v) is 11.6. The quantitative estimate of drug-likeness (QED) is 0.649. The summed E-state index contributed by atoms with van der Waals surface area (Å²) in [5, 5.41) is 21.7. The summed E-state index contributed by atoms with van der Waals surface area (Å²) in [7, 11) is 0. The molecule has 0 aromatic carbocycles. The molecule has 0 amide bonds. The van der Waals surface area contributed by atoms with Crippen molar-refractivity contribution in [2.24, 2.45) is 5.92 Å². The van der Waals surface area contributed by atoms with Crippen LogP contribution in [0.1, 0.15) is 47.0 Å². The normalized spacial score (nSPS) is 50.2. The van der Waals surface area contributed by atoms with Crippen molar-refractivity contribution < 1.29 is 14.9 Å². The lowest BCUT2D eigenvalue weighted by molar-refractivity contribution is -0.247. The van der Waals surface area contributed by atoms with Crippen molar-refractivity contribution in [1.29, 1.82) is 0 Å². The molecular weight excluding hydrogens is 228 g/mol. The lowest BCUT2D eigenvalue weighted by Crippen LogP contribution is -2.57. The van der Waals surface area contributed by atoms with Crippen molar-refractivity contribution in [3.8, 4) is 0 Å². The number of allylic oxidation sites excluding steroid dienone is 1. The lowest BCUT2D eigenvalue weighted by atomic mass is 9.75. The van der Waals surface area contributed by atoms with Crippen LogP contribution in [0.4, 0.5) is 0 Å². The summed E-state index contributed by atoms with van der Waals surface area (Å²) >= 11 is 0. The first-order valence-electron chi connectivity index (χ1n) is 6.77. The summed E-state index contributed by atoms with van der Waals surface area (Å²) < 4.78 is 6.03. The van der Waals surface area contributed by atoms with Gasteiger partial charge in [0.05, 0.1) is 0 Å². The Morgan fingerprint density at radius 2 is 2.06 bits per heavy atom. The third kappa shape index (κ3) is 1.16. The van der Waals surface area contributed by atoms with E-state index >= 15 is 0 Å². The maximum atomic E-state index is 11.0. The van der Waals surface area contributed by atoms with E-state index in [1.807, 2.05) is 20.8 Å². The van der Waals surface area contributed by atoms with Crippen molar-refractivity contribution in [2.45, 2.75) is 63.9 Å². The van der Waals surface area contributed by atoms with E-state index in [0.717, 1.165) is 29.6 Å². The topological polar surface area (TPSA) is 49.7 Å². The van der Waals surface area contributed by atoms with Gasteiger partial charge in [0.2, 0.25) is 5.79 Å². The molecule has 1 aliphatic carbocycles. The van der Waals surface area contributed by atoms with Crippen molar-refractivity contribution in [2.75, 3.05) is 0 Å². The highest BCUT2D eigenvalue weighted by Crippen LogP contribution is 2.62. The van der Waals surface area contributed by atoms with Crippen LogP contribution in [-0.2, 0) is 4.74 Å². The van der Waals surface area contributed by atoms with E-state index < -0.39 is 17.0 Å². The number of aliphatic hydroxyl groups is 2. The van der Waals surface area contributed by atoms with E-state index in [1.54, 1.807) is 6.08 Å². The Morgan fingerprint density at radius 1 is 1.39 bits per heavy atom. The monoisotopic (exact) mass is 250 g/mol. The zero-order chi connectivity index (χ0) is 13.3. The lowest BCUT2D eigenvalue weighted by Gasteiger charge is -2.46. The van der Waals surface area contributed by atoms with Gasteiger partial charge in [-0.25, -0.2) is 0 Å². The summed E-state index contributed by atoms with van der Waals surface area (Å²) in [6.07, 6.45) is 4.01. The fourth-order valence-electron chi connectivity index (χ4n) is 4.14. The van der Waals surface area contributed by atoms with Crippen molar-refractivity contribution in [1.82, 2.24) is 0 Å². The minimum Gasteiger partial charge on any atom is -0.382 e. The van der Waals surface area contributed by atoms with Crippen molar-refractivity contribution in [3.63, 3.8) is 0 Å². The average molecular weight is 250 g/mol. The Morgan fingerprint density at radius 3 is 2.67 bits per heavy atom. The summed E-state index contributed by atoms with van der Waals surface area (Å²) in [4.78, 5) is 0. The van der Waals surface area contributed by atoms with Gasteiger partial charge >= 0.3 is 0 Å². The largest absolute Gasteiger partial charge is 0.382 e. The molecule has 0 unspecified atom stereocenters. The van der Waals surface area contributed by atoms with E-state index in [2.05, 4.69) is 6.92 Å². The van der Waals surface area contributed by atoms with Crippen LogP contribution in [0.25, 0.3) is 0 Å². The van der Waals surface area contributed by atoms with E-state index in [1.165, 1.54) is 0 Å². The Balaban J connectivity index is 2.25. The van der Waals surface area contributed by atoms with Crippen LogP contribution in [-0.4, -0.2) is 27.2 Å². The fourth-order valence-corrected chi connectivity index (χ4v) is 4.14. The summed E-state index contributed by atoms with van der Waals surface area (Å²) in [6, 6.07) is 0. The van der Waals surface area contributed by atoms with E-state index in [9.17, 15) is 10.2 Å². The van der Waals surface area contributed by atoms with Gasteiger partial charge in [0.1, 0.15) is 11.2 Å². The second-order valence-electron chi connectivity index (χ2n) is 6.47. The molecular formula is C15H22O3. The van der Waals surface area contributed by atoms with Crippen LogP contribution < -0.4 is 0 Å². The molecule has 3 rings (SSSR count). The van der Waals surface area contributed by atoms with Crippen LogP contribution in [0.15, 0.2) is 22.8 Å². The molecule has 3 heteroatoms. The highest BCUT2D eigenvalue weighted by atomic mass is 16.7. The molecule has 3 aliphatic rings. The van der Waals surface area contributed by atoms with Gasteiger partial charge in [-0.05, 0) is 56.8 Å². The van der Waals surface area contributed by atoms with Crippen molar-refractivity contribution in [3.05, 3.63) is 22.8 Å². The van der Waals surface area contributed by atoms with Crippen LogP contribution in [0.2, 0.25) is 0 Å². The van der Waals surface area contributed by atoms with Crippen LogP contribution in [0.3, 0.4) is 0 Å². The third-order valence-corrected chi connectivity index (χ3v) is 5.31. The van der Waals surface area contributed by atoms with Gasteiger partial charge < -0.3 is 14.9 Å². The Hall–Kier alpha value is -0.640. The fraction of sp³-hybridized carbons (Fsp3) is 0.733. The second kappa shape index (κ2) is 3.27. The number of hydrogen-bond donors (Lipinski definition) is 2. The number of rotatable bonds is 0. The van der Waals surface area contributed by atoms with Gasteiger partial charge in [-0.3, -0.25) is 0 Å². The summed E-state index contributed by atoms with van der Waals surface area (Å²) in [5.41, 5.74) is 1.33. The molecule has 2 aliphatic heterocycles. The van der Waals surface area contributed by atoms with Crippen LogP contribution in [0.5, 0.6) is 0 Å². The molecule has 2 N–H and O–H groups in total. The first-order valence-corrected chi connectivity index (χ1v) is 6.77. The maximum Gasteiger partial charge on any atom is 0.209 e. The molecule has 0 aromatic heterocycles. The predicted octanol–water partition coefficient (Wildman–Crippen LogP) is 2.29. The molecule has 0 aromatic rings. The molecule has 0 radical (unpaired) electrons. The molecule has 3 nitrogen and oxygen atoms in total. The minimum absolute atomic E-state index is 0.259. The van der Waals surface area contributed by atoms with Gasteiger partial charge in [0.25, 0.3) is 0 Å². The maximum absolute atomic E-state index is 11.0. The SMILES string of the molecule is CC1=C[C@@]2(O)O[C@@]3(CC2=C(C)C)[C@@H](C)CC[C@@]13O. The Bertz CT molecular complexity index is 474. The Labute approximate surface area is 108 Å². The van der Waals surface area contributed by atoms with Crippen LogP contribution in [0, 0.1) is 5.92 Å². The standard InChI is InChI=1S/C15H22O3/c1-9(2)12-8-14-10(3)5-6-13(14,16)11(4)7-15(12,17)18-14/h7,10,16-17H,5-6,8H2,1-4H3/t10-,13+,14-,15+/m0/s1. The van der Waals surface area contributed by atoms with Gasteiger partial charge in [0, 0.05) is 6.42 Å². The Kier molecular flexibility index (Phi) is 2.25. The molecule has 1 saturated heterocycles. The molecule has 4 atom stereocenters. The molecule has 1 saturated carbocycles. The van der Waals surface area contributed by atoms with Crippen LogP contribution >= 0.6 is 0 Å². The average Bonchev–Trinajstić information content (AvgIpc) is 2.69. The van der Waals surface area contributed by atoms with Gasteiger partial charge in [-0.1, -0.05) is 12.5 Å². The molecule has 100 valence electrons. The molecule has 2 heterocycles. The number of hydrogen-bond acceptors (Lipinski definition) is 3. The first kappa shape index (κ1) is 12.4. The first-order chi connectivity index (χ1) is 8.25. The highest BCUT2D eigenvalue weighted by molar-refractivity contribution is 5.44. The van der Waals surface area contributed by atoms with E-state index in [4.69, 9.17) is 4.74 Å². The number of ether oxygens (including phenoxy) is 1. The molecule has 1 spiro atoms. The summed E-state index contributed by atoms with van der Waals surface area (Å²) in [6.45, 7) is 8.02. The number of fused-ring (bicyclic) bond motifs is 1. The molecule has 2 bridgehead atoms. The smallest absolute Gasteiger partial charge is 0.209 e. The summed E-state index contributed by atoms with van der Waals surface area (Å²) in [5.74, 6) is -1.04. The van der Waals surface area contributed by atoms with Gasteiger partial charge in [0.15, 0.2) is 0 Å². The van der Waals surface area contributed by atoms with Gasteiger partial charge in [-0.15, -0.1) is 0 Å². The highest BCUT2D eigenvalue weighted by Gasteiger charge is 2.69. The third-order valence-electron chi connectivity index (χ3n) is 5.31. The van der Waals surface area contributed by atoms with Gasteiger partial charge in [-0.2, -0.15) is 0 Å². The minimum atomic E-state index is -1.30. The second-order valence-corrected chi connectivity index (χ2v) is 6.47. The molecule has 18 heavy (non-hydrogen) atoms. The zero-order valence-electron chi connectivity index (χ0n) is 11.6. The molecule has 2 fully saturated rings. The van der Waals surface area contributed by atoms with Crippen molar-refractivity contribution >= 4 is 0 Å².